The van der Waals surface area contributed by atoms with Crippen molar-refractivity contribution in [2.24, 2.45) is 0 Å². The molecule has 1 amide bonds. The first-order valence-electron chi connectivity index (χ1n) is 9.18. The van der Waals surface area contributed by atoms with Crippen LogP contribution in [0.4, 0.5) is 17.5 Å². The number of hydrogen-bond acceptors (Lipinski definition) is 7. The van der Waals surface area contributed by atoms with E-state index in [9.17, 15) is 4.79 Å². The van der Waals surface area contributed by atoms with Gasteiger partial charge in [-0.3, -0.25) is 4.79 Å². The third kappa shape index (κ3) is 4.06. The van der Waals surface area contributed by atoms with Crippen molar-refractivity contribution < 1.29 is 4.79 Å². The second-order valence-corrected chi connectivity index (χ2v) is 6.62. The van der Waals surface area contributed by atoms with Gasteiger partial charge in [0.2, 0.25) is 5.95 Å². The number of piperazine rings is 1. The minimum absolute atomic E-state index is 0.268. The predicted octanol–water partition coefficient (Wildman–Crippen LogP) is 2.15. The van der Waals surface area contributed by atoms with Crippen LogP contribution < -0.4 is 15.1 Å². The SMILES string of the molecule is Cc1cccc(NC(=O)c2ccc(N3CCN(c4ncccn4)CC3)nn2)c1. The quantitative estimate of drug-likeness (QED) is 0.748. The van der Waals surface area contributed by atoms with Crippen LogP contribution >= 0.6 is 0 Å². The van der Waals surface area contributed by atoms with E-state index in [1.54, 1.807) is 18.5 Å². The fourth-order valence-electron chi connectivity index (χ4n) is 3.12. The maximum atomic E-state index is 12.4. The van der Waals surface area contributed by atoms with Gasteiger partial charge in [-0.25, -0.2) is 9.97 Å². The fourth-order valence-corrected chi connectivity index (χ4v) is 3.12. The first-order valence-corrected chi connectivity index (χ1v) is 9.18. The van der Waals surface area contributed by atoms with Crippen LogP contribution in [0.25, 0.3) is 0 Å². The second-order valence-electron chi connectivity index (χ2n) is 6.62. The zero-order chi connectivity index (χ0) is 19.3. The fraction of sp³-hybridized carbons (Fsp3) is 0.250. The van der Waals surface area contributed by atoms with E-state index in [0.29, 0.717) is 5.69 Å². The van der Waals surface area contributed by atoms with Crippen molar-refractivity contribution in [3.8, 4) is 0 Å². The van der Waals surface area contributed by atoms with Crippen LogP contribution in [0.5, 0.6) is 0 Å². The lowest BCUT2D eigenvalue weighted by Gasteiger charge is -2.35. The van der Waals surface area contributed by atoms with Gasteiger partial charge >= 0.3 is 0 Å². The Kier molecular flexibility index (Phi) is 5.09. The van der Waals surface area contributed by atoms with Crippen molar-refractivity contribution in [1.82, 2.24) is 20.2 Å². The molecule has 0 bridgehead atoms. The van der Waals surface area contributed by atoms with Crippen molar-refractivity contribution in [3.63, 3.8) is 0 Å². The largest absolute Gasteiger partial charge is 0.352 e. The van der Waals surface area contributed by atoms with Crippen LogP contribution in [-0.2, 0) is 0 Å². The number of aryl methyl sites for hydroxylation is 1. The number of benzene rings is 1. The van der Waals surface area contributed by atoms with E-state index in [2.05, 4.69) is 35.3 Å². The first-order chi connectivity index (χ1) is 13.7. The molecule has 1 fully saturated rings. The highest BCUT2D eigenvalue weighted by molar-refractivity contribution is 6.02. The molecule has 8 nitrogen and oxygen atoms in total. The summed E-state index contributed by atoms with van der Waals surface area (Å²) in [5, 5.41) is 11.2. The van der Waals surface area contributed by atoms with Gasteiger partial charge in [-0.15, -0.1) is 10.2 Å². The number of hydrogen-bond donors (Lipinski definition) is 1. The van der Waals surface area contributed by atoms with E-state index in [0.717, 1.165) is 49.2 Å². The standard InChI is InChI=1S/C20H21N7O/c1-15-4-2-5-16(14-15)23-19(28)17-6-7-18(25-24-17)26-10-12-27(13-11-26)20-21-8-3-9-22-20/h2-9,14H,10-13H2,1H3,(H,23,28). The van der Waals surface area contributed by atoms with Crippen molar-refractivity contribution in [2.45, 2.75) is 6.92 Å². The first kappa shape index (κ1) is 17.8. The number of carbonyl (C=O) groups excluding carboxylic acids is 1. The van der Waals surface area contributed by atoms with Gasteiger partial charge in [0.25, 0.3) is 5.91 Å². The van der Waals surface area contributed by atoms with Gasteiger partial charge in [0.15, 0.2) is 11.5 Å². The molecule has 1 saturated heterocycles. The van der Waals surface area contributed by atoms with Gasteiger partial charge in [-0.1, -0.05) is 12.1 Å². The summed E-state index contributed by atoms with van der Waals surface area (Å²) in [4.78, 5) is 25.2. The van der Waals surface area contributed by atoms with Crippen LogP contribution in [0.15, 0.2) is 54.9 Å². The molecule has 0 radical (unpaired) electrons. The molecule has 0 aliphatic carbocycles. The molecule has 4 rings (SSSR count). The number of carbonyl (C=O) groups is 1. The highest BCUT2D eigenvalue weighted by atomic mass is 16.1. The van der Waals surface area contributed by atoms with Gasteiger partial charge in [-0.2, -0.15) is 0 Å². The van der Waals surface area contributed by atoms with Crippen LogP contribution in [0, 0.1) is 6.92 Å². The molecule has 142 valence electrons. The van der Waals surface area contributed by atoms with E-state index < -0.39 is 0 Å². The third-order valence-corrected chi connectivity index (χ3v) is 4.60. The molecule has 0 saturated carbocycles. The lowest BCUT2D eigenvalue weighted by Crippen LogP contribution is -2.47. The van der Waals surface area contributed by atoms with Gasteiger partial charge in [0.05, 0.1) is 0 Å². The number of nitrogens with zero attached hydrogens (tertiary/aromatic N) is 6. The topological polar surface area (TPSA) is 87.1 Å². The monoisotopic (exact) mass is 375 g/mol. The summed E-state index contributed by atoms with van der Waals surface area (Å²) in [7, 11) is 0. The van der Waals surface area contributed by atoms with Gasteiger partial charge in [0, 0.05) is 44.3 Å². The molecular formula is C20H21N7O. The molecule has 2 aromatic heterocycles. The summed E-state index contributed by atoms with van der Waals surface area (Å²) in [6, 6.07) is 13.0. The number of nitrogens with one attached hydrogen (secondary N) is 1. The zero-order valence-corrected chi connectivity index (χ0v) is 15.6. The average Bonchev–Trinajstić information content (AvgIpc) is 2.75. The minimum Gasteiger partial charge on any atom is -0.352 e. The molecule has 0 spiro atoms. The third-order valence-electron chi connectivity index (χ3n) is 4.60. The van der Waals surface area contributed by atoms with E-state index in [1.807, 2.05) is 43.3 Å². The van der Waals surface area contributed by atoms with Crippen molar-refractivity contribution in [3.05, 3.63) is 66.1 Å². The molecule has 0 atom stereocenters. The molecule has 1 aliphatic heterocycles. The molecule has 1 aliphatic rings. The predicted molar refractivity (Wildman–Crippen MR) is 108 cm³/mol. The number of anilines is 3. The van der Waals surface area contributed by atoms with E-state index in [-0.39, 0.29) is 5.91 Å². The highest BCUT2D eigenvalue weighted by Crippen LogP contribution is 2.16. The van der Waals surface area contributed by atoms with E-state index >= 15 is 0 Å². The maximum Gasteiger partial charge on any atom is 0.276 e. The Morgan fingerprint density at radius 3 is 2.36 bits per heavy atom. The van der Waals surface area contributed by atoms with E-state index in [4.69, 9.17) is 0 Å². The maximum absolute atomic E-state index is 12.4. The molecule has 1 N–H and O–H groups in total. The number of rotatable bonds is 4. The summed E-state index contributed by atoms with van der Waals surface area (Å²) in [6.07, 6.45) is 3.50. The molecular weight excluding hydrogens is 354 g/mol. The highest BCUT2D eigenvalue weighted by Gasteiger charge is 2.20. The van der Waals surface area contributed by atoms with Gasteiger partial charge < -0.3 is 15.1 Å². The molecule has 1 aromatic carbocycles. The van der Waals surface area contributed by atoms with Gasteiger partial charge in [-0.05, 0) is 42.8 Å². The summed E-state index contributed by atoms with van der Waals surface area (Å²) in [6.45, 7) is 5.18. The Bertz CT molecular complexity index is 938. The molecule has 0 unspecified atom stereocenters. The lowest BCUT2D eigenvalue weighted by molar-refractivity contribution is 0.102. The minimum atomic E-state index is -0.268. The summed E-state index contributed by atoms with van der Waals surface area (Å²) in [5.74, 6) is 1.24. The molecule has 3 heterocycles. The Labute approximate surface area is 163 Å². The van der Waals surface area contributed by atoms with Gasteiger partial charge in [0.1, 0.15) is 0 Å². The zero-order valence-electron chi connectivity index (χ0n) is 15.6. The van der Waals surface area contributed by atoms with Crippen LogP contribution in [0.2, 0.25) is 0 Å². The Morgan fingerprint density at radius 2 is 1.68 bits per heavy atom. The van der Waals surface area contributed by atoms with Crippen LogP contribution in [0.1, 0.15) is 16.1 Å². The summed E-state index contributed by atoms with van der Waals surface area (Å²) < 4.78 is 0. The number of aromatic nitrogens is 4. The molecule has 28 heavy (non-hydrogen) atoms. The summed E-state index contributed by atoms with van der Waals surface area (Å²) in [5.41, 5.74) is 2.12. The van der Waals surface area contributed by atoms with Crippen molar-refractivity contribution in [2.75, 3.05) is 41.3 Å². The second kappa shape index (κ2) is 7.99. The Hall–Kier alpha value is -3.55. The molecule has 8 heteroatoms. The molecule has 3 aromatic rings. The number of amides is 1. The summed E-state index contributed by atoms with van der Waals surface area (Å²) >= 11 is 0. The Balaban J connectivity index is 1.36. The Morgan fingerprint density at radius 1 is 0.929 bits per heavy atom. The lowest BCUT2D eigenvalue weighted by atomic mass is 10.2. The van der Waals surface area contributed by atoms with Crippen LogP contribution in [-0.4, -0.2) is 52.3 Å². The van der Waals surface area contributed by atoms with E-state index in [1.165, 1.54) is 0 Å². The average molecular weight is 375 g/mol. The van der Waals surface area contributed by atoms with Crippen molar-refractivity contribution >= 4 is 23.4 Å². The van der Waals surface area contributed by atoms with Crippen molar-refractivity contribution in [1.29, 1.82) is 0 Å². The smallest absolute Gasteiger partial charge is 0.276 e. The van der Waals surface area contributed by atoms with Crippen LogP contribution in [0.3, 0.4) is 0 Å². The normalized spacial score (nSPS) is 14.0.